The molecule has 0 unspecified atom stereocenters. The van der Waals surface area contributed by atoms with Crippen LogP contribution in [0.25, 0.3) is 11.5 Å². The van der Waals surface area contributed by atoms with Crippen LogP contribution in [0.3, 0.4) is 0 Å². The Morgan fingerprint density at radius 3 is 2.69 bits per heavy atom. The average molecular weight is 355 g/mol. The summed E-state index contributed by atoms with van der Waals surface area (Å²) in [5.74, 6) is 0.557. The maximum absolute atomic E-state index is 12.0. The number of nitrogens with zero attached hydrogens (tertiary/aromatic N) is 2. The molecule has 3 aromatic rings. The molecule has 0 fully saturated rings. The molecule has 0 saturated heterocycles. The van der Waals surface area contributed by atoms with E-state index in [1.807, 2.05) is 30.3 Å². The zero-order valence-electron chi connectivity index (χ0n) is 14.0. The van der Waals surface area contributed by atoms with Crippen LogP contribution in [-0.2, 0) is 17.6 Å². The normalized spacial score (nSPS) is 10.7. The van der Waals surface area contributed by atoms with Gasteiger partial charge in [-0.3, -0.25) is 14.6 Å². The van der Waals surface area contributed by atoms with Crippen molar-refractivity contribution in [2.75, 3.05) is 6.54 Å². The van der Waals surface area contributed by atoms with Crippen molar-refractivity contribution in [2.45, 2.75) is 19.8 Å². The molecule has 0 radical (unpaired) electrons. The molecule has 0 aliphatic rings. The van der Waals surface area contributed by atoms with Gasteiger partial charge in [0.05, 0.1) is 6.42 Å². The second-order valence-corrected chi connectivity index (χ2v) is 5.67. The van der Waals surface area contributed by atoms with Gasteiger partial charge in [0.2, 0.25) is 5.91 Å². The molecule has 0 aliphatic carbocycles. The van der Waals surface area contributed by atoms with Crippen LogP contribution in [0.1, 0.15) is 17.1 Å². The minimum absolute atomic E-state index is 0.126. The van der Waals surface area contributed by atoms with Gasteiger partial charge in [0.25, 0.3) is 11.4 Å². The van der Waals surface area contributed by atoms with Gasteiger partial charge in [0, 0.05) is 29.8 Å². The van der Waals surface area contributed by atoms with Crippen LogP contribution in [0.2, 0.25) is 0 Å². The number of benzene rings is 1. The van der Waals surface area contributed by atoms with Gasteiger partial charge >= 0.3 is 5.69 Å². The van der Waals surface area contributed by atoms with Crippen LogP contribution in [0.4, 0.5) is 0 Å². The first kappa shape index (κ1) is 17.3. The smallest absolute Gasteiger partial charge is 0.325 e. The molecule has 0 atom stereocenters. The molecule has 2 heterocycles. The highest BCUT2D eigenvalue weighted by molar-refractivity contribution is 5.78. The summed E-state index contributed by atoms with van der Waals surface area (Å²) in [5.41, 5.74) is 0.269. The third-order valence-corrected chi connectivity index (χ3v) is 3.75. The summed E-state index contributed by atoms with van der Waals surface area (Å²) in [6.45, 7) is 1.87. The maximum atomic E-state index is 12.0. The lowest BCUT2D eigenvalue weighted by molar-refractivity contribution is -0.120. The first-order valence-corrected chi connectivity index (χ1v) is 7.99. The molecular formula is C17H17N5O4. The monoisotopic (exact) mass is 355 g/mol. The van der Waals surface area contributed by atoms with Crippen molar-refractivity contribution in [3.8, 4) is 11.5 Å². The van der Waals surface area contributed by atoms with Crippen molar-refractivity contribution in [2.24, 2.45) is 0 Å². The van der Waals surface area contributed by atoms with Gasteiger partial charge < -0.3 is 14.8 Å². The van der Waals surface area contributed by atoms with Crippen molar-refractivity contribution in [1.82, 2.24) is 25.4 Å². The Balaban J connectivity index is 1.54. The number of nitrogens with one attached hydrogen (secondary N) is 3. The zero-order valence-corrected chi connectivity index (χ0v) is 14.0. The molecule has 3 N–H and O–H groups in total. The number of hydrogen-bond acceptors (Lipinski definition) is 6. The molecule has 134 valence electrons. The predicted molar refractivity (Wildman–Crippen MR) is 92.6 cm³/mol. The van der Waals surface area contributed by atoms with E-state index in [1.165, 1.54) is 0 Å². The summed E-state index contributed by atoms with van der Waals surface area (Å²) < 4.78 is 5.19. The topological polar surface area (TPSA) is 134 Å². The number of amides is 1. The lowest BCUT2D eigenvalue weighted by Crippen LogP contribution is -2.33. The summed E-state index contributed by atoms with van der Waals surface area (Å²) in [7, 11) is 0. The summed E-state index contributed by atoms with van der Waals surface area (Å²) in [6, 6.07) is 9.37. The number of carbonyl (C=O) groups is 1. The molecule has 0 saturated carbocycles. The maximum Gasteiger partial charge on any atom is 0.325 e. The number of carbonyl (C=O) groups excluding carboxylic acids is 1. The summed E-state index contributed by atoms with van der Waals surface area (Å²) in [6.07, 6.45) is 0.266. The van der Waals surface area contributed by atoms with Gasteiger partial charge in [-0.25, -0.2) is 4.79 Å². The highest BCUT2D eigenvalue weighted by Gasteiger charge is 2.12. The van der Waals surface area contributed by atoms with Crippen molar-refractivity contribution < 1.29 is 9.32 Å². The Morgan fingerprint density at radius 2 is 1.96 bits per heavy atom. The second-order valence-electron chi connectivity index (χ2n) is 5.67. The van der Waals surface area contributed by atoms with Gasteiger partial charge in [-0.05, 0) is 19.1 Å². The lowest BCUT2D eigenvalue weighted by Gasteiger charge is -2.05. The number of rotatable bonds is 6. The number of hydrogen-bond donors (Lipinski definition) is 3. The second kappa shape index (κ2) is 7.60. The molecule has 3 rings (SSSR count). The highest BCUT2D eigenvalue weighted by Crippen LogP contribution is 2.15. The quantitative estimate of drug-likeness (QED) is 0.583. The van der Waals surface area contributed by atoms with E-state index in [0.29, 0.717) is 30.4 Å². The van der Waals surface area contributed by atoms with Crippen LogP contribution in [-0.4, -0.2) is 32.6 Å². The molecule has 0 aliphatic heterocycles. The fraction of sp³-hybridized carbons (Fsp3) is 0.235. The van der Waals surface area contributed by atoms with Gasteiger partial charge in [-0.2, -0.15) is 4.98 Å². The predicted octanol–water partition coefficient (Wildman–Crippen LogP) is 0.323. The van der Waals surface area contributed by atoms with Crippen molar-refractivity contribution in [1.29, 1.82) is 0 Å². The Hall–Kier alpha value is -3.49. The van der Waals surface area contributed by atoms with E-state index in [-0.39, 0.29) is 17.9 Å². The Bertz CT molecular complexity index is 1020. The number of H-pyrrole nitrogens is 2. The van der Waals surface area contributed by atoms with Gasteiger partial charge in [-0.1, -0.05) is 23.4 Å². The number of aromatic amines is 2. The van der Waals surface area contributed by atoms with E-state index < -0.39 is 11.2 Å². The largest absolute Gasteiger partial charge is 0.355 e. The van der Waals surface area contributed by atoms with Crippen LogP contribution in [0, 0.1) is 6.92 Å². The molecule has 2 aromatic heterocycles. The van der Waals surface area contributed by atoms with Crippen LogP contribution in [0.5, 0.6) is 0 Å². The van der Waals surface area contributed by atoms with Crippen LogP contribution >= 0.6 is 0 Å². The zero-order chi connectivity index (χ0) is 18.5. The summed E-state index contributed by atoms with van der Waals surface area (Å²) in [5, 5.41) is 6.57. The van der Waals surface area contributed by atoms with Gasteiger partial charge in [0.15, 0.2) is 5.82 Å². The molecule has 9 nitrogen and oxygen atoms in total. The van der Waals surface area contributed by atoms with E-state index in [0.717, 1.165) is 5.56 Å². The van der Waals surface area contributed by atoms with Crippen LogP contribution in [0.15, 0.2) is 44.4 Å². The molecule has 26 heavy (non-hydrogen) atoms. The first-order valence-electron chi connectivity index (χ1n) is 7.99. The molecule has 1 aromatic carbocycles. The van der Waals surface area contributed by atoms with Gasteiger partial charge in [-0.15, -0.1) is 0 Å². The fourth-order valence-corrected chi connectivity index (χ4v) is 2.43. The van der Waals surface area contributed by atoms with E-state index >= 15 is 0 Å². The molecule has 0 bridgehead atoms. The standard InChI is InChI=1S/C17H17N5O4/c1-10-12(15(24)21-17(25)19-10)9-14(23)18-8-7-13-20-16(26-22-13)11-5-3-2-4-6-11/h2-6H,7-9H2,1H3,(H,18,23)(H2,19,21,24,25). The molecule has 1 amide bonds. The Morgan fingerprint density at radius 1 is 1.19 bits per heavy atom. The Kier molecular flexibility index (Phi) is 5.07. The average Bonchev–Trinajstić information content (AvgIpc) is 3.08. The van der Waals surface area contributed by atoms with Gasteiger partial charge in [0.1, 0.15) is 0 Å². The molecular weight excluding hydrogens is 338 g/mol. The number of aryl methyl sites for hydroxylation is 1. The van der Waals surface area contributed by atoms with Crippen LogP contribution < -0.4 is 16.6 Å². The van der Waals surface area contributed by atoms with Crippen molar-refractivity contribution >= 4 is 5.91 Å². The minimum atomic E-state index is -0.594. The van der Waals surface area contributed by atoms with E-state index in [9.17, 15) is 14.4 Å². The SMILES string of the molecule is Cc1[nH]c(=O)[nH]c(=O)c1CC(=O)NCCc1noc(-c2ccccc2)n1. The highest BCUT2D eigenvalue weighted by atomic mass is 16.5. The van der Waals surface area contributed by atoms with E-state index in [2.05, 4.69) is 25.4 Å². The molecule has 0 spiro atoms. The fourth-order valence-electron chi connectivity index (χ4n) is 2.43. The Labute approximate surface area is 147 Å². The summed E-state index contributed by atoms with van der Waals surface area (Å²) >= 11 is 0. The lowest BCUT2D eigenvalue weighted by atomic mass is 10.1. The van der Waals surface area contributed by atoms with E-state index in [4.69, 9.17) is 4.52 Å². The van der Waals surface area contributed by atoms with E-state index in [1.54, 1.807) is 6.92 Å². The third kappa shape index (κ3) is 4.12. The minimum Gasteiger partial charge on any atom is -0.355 e. The number of aromatic nitrogens is 4. The first-order chi connectivity index (χ1) is 12.5. The van der Waals surface area contributed by atoms with Crippen molar-refractivity contribution in [3.05, 3.63) is 68.3 Å². The van der Waals surface area contributed by atoms with Crippen molar-refractivity contribution in [3.63, 3.8) is 0 Å². The molecule has 9 heteroatoms. The third-order valence-electron chi connectivity index (χ3n) is 3.75. The summed E-state index contributed by atoms with van der Waals surface area (Å²) in [4.78, 5) is 43.7.